The molecule has 4 nitrogen and oxygen atoms in total. The monoisotopic (exact) mass is 380 g/mol. The molecule has 3 rings (SSSR count). The molecule has 5 heteroatoms. The summed E-state index contributed by atoms with van der Waals surface area (Å²) in [6, 6.07) is 24.2. The molecule has 138 valence electrons. The summed E-state index contributed by atoms with van der Waals surface area (Å²) in [5.41, 5.74) is 2.18. The first kappa shape index (κ1) is 19.0. The highest BCUT2D eigenvalue weighted by molar-refractivity contribution is 7.86. The minimum atomic E-state index is -4.07. The molecule has 0 radical (unpaired) electrons. The Bertz CT molecular complexity index is 995. The molecular weight excluding hydrogens is 360 g/mol. The van der Waals surface area contributed by atoms with Gasteiger partial charge in [0.1, 0.15) is 6.10 Å². The first-order valence-corrected chi connectivity index (χ1v) is 10.00. The van der Waals surface area contributed by atoms with Crippen LogP contribution in [-0.4, -0.2) is 20.3 Å². The fraction of sp³-hybridized carbons (Fsp3) is 0.136. The fourth-order valence-corrected chi connectivity index (χ4v) is 3.74. The molecular formula is C22H20O4S. The Balaban J connectivity index is 1.91. The number of carbonyl (C=O) groups excluding carboxylic acids is 1. The Hall–Kier alpha value is -2.76. The first-order chi connectivity index (χ1) is 13.0. The zero-order chi connectivity index (χ0) is 19.3. The van der Waals surface area contributed by atoms with Gasteiger partial charge in [-0.05, 0) is 24.6 Å². The van der Waals surface area contributed by atoms with Gasteiger partial charge in [-0.1, -0.05) is 78.4 Å². The van der Waals surface area contributed by atoms with Crippen LogP contribution in [0.25, 0.3) is 0 Å². The number of ketones is 1. The minimum absolute atomic E-state index is 0.0343. The maximum Gasteiger partial charge on any atom is 0.297 e. The van der Waals surface area contributed by atoms with Crippen LogP contribution < -0.4 is 0 Å². The van der Waals surface area contributed by atoms with Crippen LogP contribution in [-0.2, 0) is 20.7 Å². The van der Waals surface area contributed by atoms with E-state index in [0.29, 0.717) is 5.56 Å². The summed E-state index contributed by atoms with van der Waals surface area (Å²) in [6.07, 6.45) is -0.972. The van der Waals surface area contributed by atoms with Gasteiger partial charge in [0.15, 0.2) is 5.78 Å². The lowest BCUT2D eigenvalue weighted by molar-refractivity contribution is 0.0801. The molecule has 0 spiro atoms. The van der Waals surface area contributed by atoms with Gasteiger partial charge in [-0.25, -0.2) is 0 Å². The van der Waals surface area contributed by atoms with Crippen LogP contribution in [0.2, 0.25) is 0 Å². The van der Waals surface area contributed by atoms with Crippen molar-refractivity contribution in [2.24, 2.45) is 0 Å². The number of aryl methyl sites for hydroxylation is 1. The molecule has 1 atom stereocenters. The maximum absolute atomic E-state index is 12.9. The van der Waals surface area contributed by atoms with E-state index in [-0.39, 0.29) is 17.1 Å². The summed E-state index contributed by atoms with van der Waals surface area (Å²) in [4.78, 5) is 13.0. The zero-order valence-corrected chi connectivity index (χ0v) is 15.7. The van der Waals surface area contributed by atoms with Gasteiger partial charge in [0, 0.05) is 12.0 Å². The Labute approximate surface area is 159 Å². The van der Waals surface area contributed by atoms with Gasteiger partial charge in [0.25, 0.3) is 10.1 Å². The van der Waals surface area contributed by atoms with Gasteiger partial charge in [-0.2, -0.15) is 8.42 Å². The Morgan fingerprint density at radius 1 is 0.852 bits per heavy atom. The van der Waals surface area contributed by atoms with Crippen molar-refractivity contribution >= 4 is 15.9 Å². The minimum Gasteiger partial charge on any atom is -0.291 e. The van der Waals surface area contributed by atoms with Crippen molar-refractivity contribution in [3.05, 3.63) is 102 Å². The van der Waals surface area contributed by atoms with E-state index in [1.165, 1.54) is 12.1 Å². The van der Waals surface area contributed by atoms with Crippen molar-refractivity contribution in [1.82, 2.24) is 0 Å². The lowest BCUT2D eigenvalue weighted by Gasteiger charge is -2.17. The molecule has 1 unspecified atom stereocenters. The van der Waals surface area contributed by atoms with E-state index in [1.54, 1.807) is 42.5 Å². The number of rotatable bonds is 7. The summed E-state index contributed by atoms with van der Waals surface area (Å²) < 4.78 is 30.8. The molecule has 3 aromatic rings. The van der Waals surface area contributed by atoms with Crippen LogP contribution in [0.1, 0.15) is 21.5 Å². The van der Waals surface area contributed by atoms with Gasteiger partial charge >= 0.3 is 0 Å². The number of hydrogen-bond donors (Lipinski definition) is 0. The second-order valence-corrected chi connectivity index (χ2v) is 7.84. The standard InChI is InChI=1S/C22H20O4S/c1-17-12-14-20(15-13-17)27(24,25)26-21(16-18-8-4-2-5-9-18)22(23)19-10-6-3-7-11-19/h2-15,21H,16H2,1H3. The second kappa shape index (κ2) is 8.29. The number of hydrogen-bond acceptors (Lipinski definition) is 4. The lowest BCUT2D eigenvalue weighted by atomic mass is 10.0. The van der Waals surface area contributed by atoms with Crippen molar-refractivity contribution in [3.8, 4) is 0 Å². The van der Waals surface area contributed by atoms with E-state index in [1.807, 2.05) is 37.3 Å². The number of carbonyl (C=O) groups is 1. The molecule has 0 bridgehead atoms. The summed E-state index contributed by atoms with van der Waals surface area (Å²) in [7, 11) is -4.07. The molecule has 0 heterocycles. The van der Waals surface area contributed by atoms with E-state index in [2.05, 4.69) is 0 Å². The second-order valence-electron chi connectivity index (χ2n) is 6.27. The van der Waals surface area contributed by atoms with Crippen LogP contribution in [0.15, 0.2) is 89.8 Å². The van der Waals surface area contributed by atoms with E-state index in [4.69, 9.17) is 4.18 Å². The molecule has 3 aromatic carbocycles. The molecule has 0 aliphatic heterocycles. The maximum atomic E-state index is 12.9. The van der Waals surface area contributed by atoms with Gasteiger partial charge in [-0.3, -0.25) is 8.98 Å². The predicted molar refractivity (Wildman–Crippen MR) is 104 cm³/mol. The molecule has 0 aliphatic rings. The number of benzene rings is 3. The van der Waals surface area contributed by atoms with Gasteiger partial charge in [0.05, 0.1) is 4.90 Å². The van der Waals surface area contributed by atoms with Crippen LogP contribution >= 0.6 is 0 Å². The predicted octanol–water partition coefficient (Wildman–Crippen LogP) is 4.19. The van der Waals surface area contributed by atoms with Crippen molar-refractivity contribution in [2.75, 3.05) is 0 Å². The smallest absolute Gasteiger partial charge is 0.291 e. The van der Waals surface area contributed by atoms with E-state index in [9.17, 15) is 13.2 Å². The van der Waals surface area contributed by atoms with Crippen LogP contribution in [0.4, 0.5) is 0 Å². The van der Waals surface area contributed by atoms with E-state index < -0.39 is 16.2 Å². The van der Waals surface area contributed by atoms with E-state index in [0.717, 1.165) is 11.1 Å². The van der Waals surface area contributed by atoms with Crippen molar-refractivity contribution in [3.63, 3.8) is 0 Å². The molecule has 0 saturated carbocycles. The van der Waals surface area contributed by atoms with Crippen molar-refractivity contribution in [1.29, 1.82) is 0 Å². The SMILES string of the molecule is Cc1ccc(S(=O)(=O)OC(Cc2ccccc2)C(=O)c2ccccc2)cc1. The highest BCUT2D eigenvalue weighted by Gasteiger charge is 2.28. The Morgan fingerprint density at radius 3 is 2.00 bits per heavy atom. The molecule has 0 amide bonds. The van der Waals surface area contributed by atoms with Crippen LogP contribution in [0.3, 0.4) is 0 Å². The largest absolute Gasteiger partial charge is 0.297 e. The summed E-state index contributed by atoms with van der Waals surface area (Å²) in [5.74, 6) is -0.366. The third kappa shape index (κ3) is 4.90. The van der Waals surface area contributed by atoms with Gasteiger partial charge < -0.3 is 0 Å². The highest BCUT2D eigenvalue weighted by Crippen LogP contribution is 2.20. The van der Waals surface area contributed by atoms with Gasteiger partial charge in [-0.15, -0.1) is 0 Å². The quantitative estimate of drug-likeness (QED) is 0.455. The molecule has 0 fully saturated rings. The van der Waals surface area contributed by atoms with Crippen molar-refractivity contribution < 1.29 is 17.4 Å². The molecule has 0 N–H and O–H groups in total. The van der Waals surface area contributed by atoms with Crippen LogP contribution in [0, 0.1) is 6.92 Å². The first-order valence-electron chi connectivity index (χ1n) is 8.59. The third-order valence-electron chi connectivity index (χ3n) is 4.17. The van der Waals surface area contributed by atoms with Crippen LogP contribution in [0.5, 0.6) is 0 Å². The summed E-state index contributed by atoms with van der Waals surface area (Å²) >= 11 is 0. The fourth-order valence-electron chi connectivity index (χ4n) is 2.70. The highest BCUT2D eigenvalue weighted by atomic mass is 32.2. The Kier molecular flexibility index (Phi) is 5.84. The molecule has 0 aliphatic carbocycles. The average molecular weight is 380 g/mol. The molecule has 27 heavy (non-hydrogen) atoms. The van der Waals surface area contributed by atoms with Gasteiger partial charge in [0.2, 0.25) is 0 Å². The number of Topliss-reactive ketones (excluding diaryl/α,β-unsaturated/α-hetero) is 1. The topological polar surface area (TPSA) is 60.4 Å². The molecule has 0 aromatic heterocycles. The zero-order valence-electron chi connectivity index (χ0n) is 14.9. The third-order valence-corrected chi connectivity index (χ3v) is 5.50. The molecule has 0 saturated heterocycles. The lowest BCUT2D eigenvalue weighted by Crippen LogP contribution is -2.30. The Morgan fingerprint density at radius 2 is 1.41 bits per heavy atom. The summed E-state index contributed by atoms with van der Waals surface area (Å²) in [6.45, 7) is 1.87. The van der Waals surface area contributed by atoms with E-state index >= 15 is 0 Å². The summed E-state index contributed by atoms with van der Waals surface area (Å²) in [5, 5.41) is 0. The normalized spacial score (nSPS) is 12.5. The van der Waals surface area contributed by atoms with Crippen molar-refractivity contribution in [2.45, 2.75) is 24.3 Å². The average Bonchev–Trinajstić information content (AvgIpc) is 2.68.